The highest BCUT2D eigenvalue weighted by atomic mass is 35.5. The summed E-state index contributed by atoms with van der Waals surface area (Å²) < 4.78 is 16.1. The number of rotatable bonds is 7. The van der Waals surface area contributed by atoms with E-state index in [1.54, 1.807) is 23.2 Å². The largest absolute Gasteiger partial charge is 0.354 e. The molecule has 11 heteroatoms. The van der Waals surface area contributed by atoms with Crippen LogP contribution in [-0.4, -0.2) is 55.8 Å². The molecule has 2 amide bonds. The van der Waals surface area contributed by atoms with Crippen molar-refractivity contribution in [3.63, 3.8) is 0 Å². The van der Waals surface area contributed by atoms with Crippen molar-refractivity contribution in [3.05, 3.63) is 78.0 Å². The number of nitrogens with one attached hydrogen (secondary N) is 2. The quantitative estimate of drug-likeness (QED) is 0.335. The Balaban J connectivity index is 1.38. The predicted molar refractivity (Wildman–Crippen MR) is 142 cm³/mol. The SMILES string of the molecule is CC(=O)c1cn(CC(=O)N2C[C@H](F)C[C@H]2C(=O)Nc2cncc(Cl)c2)c2ccc(Nc3cccnc3)cc12. The smallest absolute Gasteiger partial charge is 0.247 e. The fourth-order valence-corrected chi connectivity index (χ4v) is 4.81. The van der Waals surface area contributed by atoms with E-state index in [0.29, 0.717) is 27.2 Å². The van der Waals surface area contributed by atoms with Gasteiger partial charge in [0.05, 0.1) is 35.3 Å². The van der Waals surface area contributed by atoms with Gasteiger partial charge in [0.1, 0.15) is 18.8 Å². The molecule has 1 aliphatic rings. The maximum absolute atomic E-state index is 14.4. The van der Waals surface area contributed by atoms with Crippen LogP contribution in [0.15, 0.2) is 67.4 Å². The van der Waals surface area contributed by atoms with Gasteiger partial charge in [0.15, 0.2) is 5.78 Å². The average molecular weight is 535 g/mol. The molecule has 38 heavy (non-hydrogen) atoms. The summed E-state index contributed by atoms with van der Waals surface area (Å²) in [4.78, 5) is 47.9. The summed E-state index contributed by atoms with van der Waals surface area (Å²) in [6, 6.07) is 9.70. The first kappa shape index (κ1) is 25.3. The van der Waals surface area contributed by atoms with Gasteiger partial charge >= 0.3 is 0 Å². The normalized spacial score (nSPS) is 17.0. The molecule has 9 nitrogen and oxygen atoms in total. The monoisotopic (exact) mass is 534 g/mol. The molecule has 4 heterocycles. The number of anilines is 3. The third-order valence-corrected chi connectivity index (χ3v) is 6.57. The van der Waals surface area contributed by atoms with Gasteiger partial charge in [-0.2, -0.15) is 0 Å². The van der Waals surface area contributed by atoms with Crippen LogP contribution in [0.1, 0.15) is 23.7 Å². The zero-order chi connectivity index (χ0) is 26.8. The molecule has 194 valence electrons. The van der Waals surface area contributed by atoms with E-state index >= 15 is 0 Å². The highest BCUT2D eigenvalue weighted by Gasteiger charge is 2.40. The van der Waals surface area contributed by atoms with Crippen LogP contribution in [0.2, 0.25) is 5.02 Å². The Morgan fingerprint density at radius 2 is 1.89 bits per heavy atom. The average Bonchev–Trinajstić information content (AvgIpc) is 3.45. The van der Waals surface area contributed by atoms with Gasteiger partial charge < -0.3 is 20.1 Å². The molecule has 0 saturated carbocycles. The van der Waals surface area contributed by atoms with E-state index in [2.05, 4.69) is 20.6 Å². The fraction of sp³-hybridized carbons (Fsp3) is 0.222. The molecule has 1 saturated heterocycles. The summed E-state index contributed by atoms with van der Waals surface area (Å²) in [6.45, 7) is 1.11. The zero-order valence-corrected chi connectivity index (χ0v) is 21.2. The van der Waals surface area contributed by atoms with Gasteiger partial charge in [-0.1, -0.05) is 11.6 Å². The Labute approximate surface area is 222 Å². The number of pyridine rings is 2. The van der Waals surface area contributed by atoms with Crippen molar-refractivity contribution in [3.8, 4) is 0 Å². The van der Waals surface area contributed by atoms with Crippen molar-refractivity contribution >= 4 is 57.2 Å². The Kier molecular flexibility index (Phi) is 7.06. The van der Waals surface area contributed by atoms with Gasteiger partial charge in [0.2, 0.25) is 11.8 Å². The van der Waals surface area contributed by atoms with Crippen molar-refractivity contribution in [1.82, 2.24) is 19.4 Å². The minimum absolute atomic E-state index is 0.111. The number of amides is 2. The van der Waals surface area contributed by atoms with Gasteiger partial charge in [-0.25, -0.2) is 4.39 Å². The summed E-state index contributed by atoms with van der Waals surface area (Å²) in [5.41, 5.74) is 3.02. The van der Waals surface area contributed by atoms with Crippen molar-refractivity contribution < 1.29 is 18.8 Å². The molecule has 3 aromatic heterocycles. The molecule has 2 N–H and O–H groups in total. The van der Waals surface area contributed by atoms with Gasteiger partial charge in [-0.3, -0.25) is 24.4 Å². The lowest BCUT2D eigenvalue weighted by atomic mass is 10.1. The van der Waals surface area contributed by atoms with Gasteiger partial charge in [0, 0.05) is 47.2 Å². The second kappa shape index (κ2) is 10.6. The molecule has 1 aromatic carbocycles. The first-order chi connectivity index (χ1) is 18.3. The predicted octanol–water partition coefficient (Wildman–Crippen LogP) is 4.61. The Morgan fingerprint density at radius 3 is 2.63 bits per heavy atom. The molecular formula is C27H24ClFN6O3. The second-order valence-corrected chi connectivity index (χ2v) is 9.54. The highest BCUT2D eigenvalue weighted by Crippen LogP contribution is 2.28. The minimum atomic E-state index is -1.33. The number of Topliss-reactive ketones (excluding diaryl/α,β-unsaturated/α-hetero) is 1. The maximum Gasteiger partial charge on any atom is 0.247 e. The highest BCUT2D eigenvalue weighted by molar-refractivity contribution is 6.30. The summed E-state index contributed by atoms with van der Waals surface area (Å²) in [6.07, 6.45) is 6.38. The Bertz CT molecular complexity index is 1530. The molecule has 0 radical (unpaired) electrons. The summed E-state index contributed by atoms with van der Waals surface area (Å²) >= 11 is 5.93. The lowest BCUT2D eigenvalue weighted by molar-refractivity contribution is -0.137. The Hall–Kier alpha value is -4.31. The van der Waals surface area contributed by atoms with Crippen LogP contribution < -0.4 is 10.6 Å². The van der Waals surface area contributed by atoms with Gasteiger partial charge in [0.25, 0.3) is 0 Å². The van der Waals surface area contributed by atoms with E-state index in [1.165, 1.54) is 30.3 Å². The number of benzene rings is 1. The third kappa shape index (κ3) is 5.35. The van der Waals surface area contributed by atoms with Gasteiger partial charge in [-0.05, 0) is 43.3 Å². The van der Waals surface area contributed by atoms with Crippen molar-refractivity contribution in [1.29, 1.82) is 0 Å². The van der Waals surface area contributed by atoms with Crippen LogP contribution >= 0.6 is 11.6 Å². The third-order valence-electron chi connectivity index (χ3n) is 6.36. The van der Waals surface area contributed by atoms with Crippen LogP contribution in [0.5, 0.6) is 0 Å². The van der Waals surface area contributed by atoms with Gasteiger partial charge in [-0.15, -0.1) is 0 Å². The van der Waals surface area contributed by atoms with E-state index < -0.39 is 24.0 Å². The minimum Gasteiger partial charge on any atom is -0.354 e. The van der Waals surface area contributed by atoms with Crippen LogP contribution in [-0.2, 0) is 16.1 Å². The standard InChI is InChI=1S/C27H24ClFN6O3/c1-16(36)23-14-34(24-5-4-19(9-22(23)24)32-20-3-2-6-30-11-20)15-26(37)35-13-18(29)8-25(35)27(38)33-21-7-17(28)10-31-12-21/h2-7,9-12,14,18,25,32H,8,13,15H2,1H3,(H,33,38)/t18-,25+/m1/s1. The summed E-state index contributed by atoms with van der Waals surface area (Å²) in [5, 5.41) is 6.92. The number of carbonyl (C=O) groups is 3. The number of carbonyl (C=O) groups excluding carboxylic acids is 3. The number of aromatic nitrogens is 3. The molecule has 0 bridgehead atoms. The van der Waals surface area contributed by atoms with E-state index in [1.807, 2.05) is 30.3 Å². The van der Waals surface area contributed by atoms with Crippen molar-refractivity contribution in [2.24, 2.45) is 0 Å². The Morgan fingerprint density at radius 1 is 1.08 bits per heavy atom. The number of hydrogen-bond donors (Lipinski definition) is 2. The molecular weight excluding hydrogens is 511 g/mol. The molecule has 2 atom stereocenters. The molecule has 1 aliphatic heterocycles. The number of nitrogens with zero attached hydrogens (tertiary/aromatic N) is 4. The molecule has 1 fully saturated rings. The molecule has 0 unspecified atom stereocenters. The second-order valence-electron chi connectivity index (χ2n) is 9.10. The number of halogens is 2. The van der Waals surface area contributed by atoms with E-state index in [-0.39, 0.29) is 25.3 Å². The number of ketones is 1. The van der Waals surface area contributed by atoms with Crippen molar-refractivity contribution in [2.75, 3.05) is 17.2 Å². The summed E-state index contributed by atoms with van der Waals surface area (Å²) in [5.74, 6) is -1.10. The molecule has 5 rings (SSSR count). The van der Waals surface area contributed by atoms with Crippen molar-refractivity contribution in [2.45, 2.75) is 32.1 Å². The molecule has 0 aliphatic carbocycles. The van der Waals surface area contributed by atoms with Crippen LogP contribution in [0.4, 0.5) is 21.5 Å². The fourth-order valence-electron chi connectivity index (χ4n) is 4.64. The zero-order valence-electron chi connectivity index (χ0n) is 20.4. The van der Waals surface area contributed by atoms with Crippen LogP contribution in [0.25, 0.3) is 10.9 Å². The van der Waals surface area contributed by atoms with Crippen LogP contribution in [0, 0.1) is 0 Å². The maximum atomic E-state index is 14.4. The first-order valence-corrected chi connectivity index (χ1v) is 12.3. The summed E-state index contributed by atoms with van der Waals surface area (Å²) in [7, 11) is 0. The topological polar surface area (TPSA) is 109 Å². The number of hydrogen-bond acceptors (Lipinski definition) is 6. The lowest BCUT2D eigenvalue weighted by Gasteiger charge is -2.24. The molecule has 0 spiro atoms. The number of alkyl halides is 1. The number of likely N-dealkylation sites (tertiary alicyclic amines) is 1. The van der Waals surface area contributed by atoms with E-state index in [4.69, 9.17) is 11.6 Å². The van der Waals surface area contributed by atoms with E-state index in [0.717, 1.165) is 11.4 Å². The van der Waals surface area contributed by atoms with E-state index in [9.17, 15) is 18.8 Å². The molecule has 4 aromatic rings. The first-order valence-electron chi connectivity index (χ1n) is 11.9. The number of fused-ring (bicyclic) bond motifs is 1. The van der Waals surface area contributed by atoms with Crippen LogP contribution in [0.3, 0.4) is 0 Å². The lowest BCUT2D eigenvalue weighted by Crippen LogP contribution is -2.44.